The van der Waals surface area contributed by atoms with Crippen LogP contribution in [0.2, 0.25) is 0 Å². The van der Waals surface area contributed by atoms with Crippen LogP contribution in [0.3, 0.4) is 0 Å². The van der Waals surface area contributed by atoms with E-state index in [2.05, 4.69) is 16.5 Å². The maximum absolute atomic E-state index is 4.06. The molecule has 0 atom stereocenters. The van der Waals surface area contributed by atoms with Crippen molar-refractivity contribution in [2.75, 3.05) is 0 Å². The summed E-state index contributed by atoms with van der Waals surface area (Å²) >= 11 is 1.53. The maximum atomic E-state index is 4.06. The van der Waals surface area contributed by atoms with E-state index < -0.39 is 0 Å². The third kappa shape index (κ3) is 2.19. The van der Waals surface area contributed by atoms with Crippen molar-refractivity contribution in [3.05, 3.63) is 30.1 Å². The zero-order valence-electron chi connectivity index (χ0n) is 5.74. The van der Waals surface area contributed by atoms with Gasteiger partial charge in [0.25, 0.3) is 0 Å². The Balaban J connectivity index is 2.67. The first kappa shape index (κ1) is 7.28. The van der Waals surface area contributed by atoms with Crippen LogP contribution in [0.1, 0.15) is 6.92 Å². The molecule has 0 unspecified atom stereocenters. The van der Waals surface area contributed by atoms with Crippen molar-refractivity contribution in [1.82, 2.24) is 9.97 Å². The average molecular weight is 152 g/mol. The molecule has 0 radical (unpaired) electrons. The molecule has 0 amide bonds. The summed E-state index contributed by atoms with van der Waals surface area (Å²) < 4.78 is 0. The van der Waals surface area contributed by atoms with Gasteiger partial charge >= 0.3 is 0 Å². The molecule has 3 heteroatoms. The van der Waals surface area contributed by atoms with E-state index >= 15 is 0 Å². The van der Waals surface area contributed by atoms with E-state index in [0.717, 1.165) is 9.93 Å². The Labute approximate surface area is 64.4 Å². The summed E-state index contributed by atoms with van der Waals surface area (Å²) in [5, 5.41) is 0.898. The summed E-state index contributed by atoms with van der Waals surface area (Å²) in [5.74, 6) is 0. The van der Waals surface area contributed by atoms with Crippen molar-refractivity contribution in [2.24, 2.45) is 0 Å². The normalized spacial score (nSPS) is 9.30. The zero-order chi connectivity index (χ0) is 7.40. The van der Waals surface area contributed by atoms with Crippen LogP contribution in [0.15, 0.2) is 35.1 Å². The van der Waals surface area contributed by atoms with Crippen molar-refractivity contribution < 1.29 is 0 Å². The third-order valence-electron chi connectivity index (χ3n) is 0.818. The van der Waals surface area contributed by atoms with E-state index in [1.54, 1.807) is 18.6 Å². The SMILES string of the molecule is C=C(C)Sc1cnccn1. The fraction of sp³-hybridized carbons (Fsp3) is 0.143. The molecular formula is C7H8N2S. The van der Waals surface area contributed by atoms with Gasteiger partial charge in [0.1, 0.15) is 5.03 Å². The number of thioether (sulfide) groups is 1. The highest BCUT2D eigenvalue weighted by molar-refractivity contribution is 8.02. The number of hydrogen-bond donors (Lipinski definition) is 0. The first-order chi connectivity index (χ1) is 4.79. The maximum Gasteiger partial charge on any atom is 0.119 e. The molecule has 52 valence electrons. The predicted molar refractivity (Wildman–Crippen MR) is 42.7 cm³/mol. The van der Waals surface area contributed by atoms with Crippen molar-refractivity contribution in [3.8, 4) is 0 Å². The molecule has 0 spiro atoms. The summed E-state index contributed by atoms with van der Waals surface area (Å²) in [7, 11) is 0. The Morgan fingerprint density at radius 1 is 1.60 bits per heavy atom. The van der Waals surface area contributed by atoms with Crippen molar-refractivity contribution in [1.29, 1.82) is 0 Å². The van der Waals surface area contributed by atoms with E-state index in [4.69, 9.17) is 0 Å². The Kier molecular flexibility index (Phi) is 2.45. The molecule has 0 aromatic carbocycles. The van der Waals surface area contributed by atoms with Crippen molar-refractivity contribution in [2.45, 2.75) is 11.9 Å². The lowest BCUT2D eigenvalue weighted by atomic mass is 10.7. The van der Waals surface area contributed by atoms with Gasteiger partial charge in [-0.25, -0.2) is 4.98 Å². The highest BCUT2D eigenvalue weighted by Gasteiger charge is 1.91. The molecule has 0 aliphatic carbocycles. The van der Waals surface area contributed by atoms with Gasteiger partial charge in [0.15, 0.2) is 0 Å². The van der Waals surface area contributed by atoms with Gasteiger partial charge in [-0.3, -0.25) is 4.98 Å². The van der Waals surface area contributed by atoms with Crippen LogP contribution in [-0.2, 0) is 0 Å². The van der Waals surface area contributed by atoms with Crippen LogP contribution in [0.25, 0.3) is 0 Å². The quantitative estimate of drug-likeness (QED) is 0.607. The molecular weight excluding hydrogens is 144 g/mol. The minimum atomic E-state index is 0.898. The molecule has 0 bridgehead atoms. The van der Waals surface area contributed by atoms with E-state index in [0.29, 0.717) is 0 Å². The molecule has 0 saturated carbocycles. The standard InChI is InChI=1S/C7H8N2S/c1-6(2)10-7-5-8-3-4-9-7/h3-5H,1H2,2H3. The van der Waals surface area contributed by atoms with Gasteiger partial charge in [0.05, 0.1) is 6.20 Å². The fourth-order valence-corrected chi connectivity index (χ4v) is 1.10. The van der Waals surface area contributed by atoms with Crippen LogP contribution in [0.5, 0.6) is 0 Å². The van der Waals surface area contributed by atoms with E-state index in [-0.39, 0.29) is 0 Å². The Morgan fingerprint density at radius 3 is 2.90 bits per heavy atom. The number of allylic oxidation sites excluding steroid dienone is 1. The highest BCUT2D eigenvalue weighted by atomic mass is 32.2. The summed E-state index contributed by atoms with van der Waals surface area (Å²) in [6, 6.07) is 0. The van der Waals surface area contributed by atoms with Gasteiger partial charge in [0, 0.05) is 12.4 Å². The highest BCUT2D eigenvalue weighted by Crippen LogP contribution is 2.20. The summed E-state index contributed by atoms with van der Waals surface area (Å²) in [4.78, 5) is 9.00. The van der Waals surface area contributed by atoms with Crippen LogP contribution in [0, 0.1) is 0 Å². The fourth-order valence-electron chi connectivity index (χ4n) is 0.517. The van der Waals surface area contributed by atoms with Gasteiger partial charge in [-0.15, -0.1) is 0 Å². The van der Waals surface area contributed by atoms with Crippen molar-refractivity contribution in [3.63, 3.8) is 0 Å². The van der Waals surface area contributed by atoms with E-state index in [1.807, 2.05) is 6.92 Å². The molecule has 10 heavy (non-hydrogen) atoms. The van der Waals surface area contributed by atoms with E-state index in [1.165, 1.54) is 11.8 Å². The summed E-state index contributed by atoms with van der Waals surface area (Å²) in [6.07, 6.45) is 5.05. The lowest BCUT2D eigenvalue weighted by molar-refractivity contribution is 1.06. The monoisotopic (exact) mass is 152 g/mol. The smallest absolute Gasteiger partial charge is 0.119 e. The van der Waals surface area contributed by atoms with Gasteiger partial charge in [-0.2, -0.15) is 0 Å². The van der Waals surface area contributed by atoms with Crippen LogP contribution in [-0.4, -0.2) is 9.97 Å². The lowest BCUT2D eigenvalue weighted by Crippen LogP contribution is -1.78. The topological polar surface area (TPSA) is 25.8 Å². The van der Waals surface area contributed by atoms with Gasteiger partial charge in [-0.05, 0) is 11.8 Å². The zero-order valence-corrected chi connectivity index (χ0v) is 6.56. The molecule has 0 saturated heterocycles. The number of nitrogens with zero attached hydrogens (tertiary/aromatic N) is 2. The second kappa shape index (κ2) is 3.37. The number of rotatable bonds is 2. The van der Waals surface area contributed by atoms with Crippen molar-refractivity contribution >= 4 is 11.8 Å². The summed E-state index contributed by atoms with van der Waals surface area (Å²) in [5.41, 5.74) is 0. The first-order valence-corrected chi connectivity index (χ1v) is 3.70. The average Bonchev–Trinajstić information content (AvgIpc) is 1.88. The molecule has 0 aliphatic heterocycles. The van der Waals surface area contributed by atoms with Crippen LogP contribution < -0.4 is 0 Å². The lowest BCUT2D eigenvalue weighted by Gasteiger charge is -1.94. The number of hydrogen-bond acceptors (Lipinski definition) is 3. The molecule has 1 heterocycles. The molecule has 0 aliphatic rings. The van der Waals surface area contributed by atoms with Gasteiger partial charge in [0.2, 0.25) is 0 Å². The first-order valence-electron chi connectivity index (χ1n) is 2.88. The Morgan fingerprint density at radius 2 is 2.40 bits per heavy atom. The third-order valence-corrected chi connectivity index (χ3v) is 1.59. The van der Waals surface area contributed by atoms with Crippen LogP contribution >= 0.6 is 11.8 Å². The molecule has 0 fully saturated rings. The number of aromatic nitrogens is 2. The molecule has 1 aromatic heterocycles. The predicted octanol–water partition coefficient (Wildman–Crippen LogP) is 2.10. The van der Waals surface area contributed by atoms with Gasteiger partial charge in [-0.1, -0.05) is 18.3 Å². The Bertz CT molecular complexity index is 220. The minimum absolute atomic E-state index is 0.898. The second-order valence-corrected chi connectivity index (χ2v) is 3.17. The second-order valence-electron chi connectivity index (χ2n) is 1.85. The molecule has 1 rings (SSSR count). The summed E-state index contributed by atoms with van der Waals surface area (Å²) in [6.45, 7) is 5.69. The largest absolute Gasteiger partial charge is 0.260 e. The molecule has 1 aromatic rings. The van der Waals surface area contributed by atoms with Crippen LogP contribution in [0.4, 0.5) is 0 Å². The molecule has 0 N–H and O–H groups in total. The minimum Gasteiger partial charge on any atom is -0.260 e. The van der Waals surface area contributed by atoms with Gasteiger partial charge < -0.3 is 0 Å². The Hall–Kier alpha value is -0.830. The van der Waals surface area contributed by atoms with E-state index in [9.17, 15) is 0 Å². The molecule has 2 nitrogen and oxygen atoms in total.